The molecule has 6 nitrogen and oxygen atoms in total. The van der Waals surface area contributed by atoms with Gasteiger partial charge in [0.2, 0.25) is 5.91 Å². The summed E-state index contributed by atoms with van der Waals surface area (Å²) >= 11 is 7.32. The highest BCUT2D eigenvalue weighted by atomic mass is 35.5. The molecule has 0 aliphatic carbocycles. The monoisotopic (exact) mass is 337 g/mol. The highest BCUT2D eigenvalue weighted by Crippen LogP contribution is 2.24. The molecule has 0 aliphatic heterocycles. The van der Waals surface area contributed by atoms with Gasteiger partial charge in [-0.3, -0.25) is 25.2 Å². The van der Waals surface area contributed by atoms with Crippen LogP contribution in [-0.4, -0.2) is 17.7 Å². The minimum Gasteiger partial charge on any atom is -0.320 e. The largest absolute Gasteiger partial charge is 0.320 e. The van der Waals surface area contributed by atoms with Crippen molar-refractivity contribution in [1.82, 2.24) is 10.9 Å². The lowest BCUT2D eigenvalue weighted by Gasteiger charge is -2.09. The molecule has 0 aliphatic rings. The summed E-state index contributed by atoms with van der Waals surface area (Å²) in [6.45, 7) is 1.27. The second-order valence-electron chi connectivity index (χ2n) is 4.26. The van der Waals surface area contributed by atoms with E-state index >= 15 is 0 Å². The number of hydrogen-bond acceptors (Lipinski definition) is 4. The number of hydrogen-bond donors (Lipinski definition) is 3. The van der Waals surface area contributed by atoms with Crippen LogP contribution in [0.5, 0.6) is 0 Å². The van der Waals surface area contributed by atoms with Crippen molar-refractivity contribution < 1.29 is 14.4 Å². The highest BCUT2D eigenvalue weighted by Gasteiger charge is 2.13. The van der Waals surface area contributed by atoms with Crippen LogP contribution in [0.2, 0.25) is 5.02 Å². The highest BCUT2D eigenvalue weighted by molar-refractivity contribution is 7.12. The molecule has 0 radical (unpaired) electrons. The summed E-state index contributed by atoms with van der Waals surface area (Å²) in [6.07, 6.45) is 0. The standard InChI is InChI=1S/C14H12ClN3O3S/c1-8(19)17-18-13(20)9-4-5-10(15)11(7-9)16-14(21)12-3-2-6-22-12/h2-7H,1H3,(H,16,21)(H,17,19)(H,18,20). The molecule has 0 atom stereocenters. The molecule has 3 N–H and O–H groups in total. The summed E-state index contributed by atoms with van der Waals surface area (Å²) in [5.74, 6) is -1.22. The number of amides is 3. The molecule has 2 rings (SSSR count). The number of rotatable bonds is 3. The van der Waals surface area contributed by atoms with Gasteiger partial charge in [0.25, 0.3) is 11.8 Å². The lowest BCUT2D eigenvalue weighted by atomic mass is 10.2. The van der Waals surface area contributed by atoms with Crippen LogP contribution < -0.4 is 16.2 Å². The van der Waals surface area contributed by atoms with Crippen LogP contribution in [-0.2, 0) is 4.79 Å². The van der Waals surface area contributed by atoms with E-state index in [9.17, 15) is 14.4 Å². The molecule has 22 heavy (non-hydrogen) atoms. The Balaban J connectivity index is 2.14. The fraction of sp³-hybridized carbons (Fsp3) is 0.0714. The first kappa shape index (κ1) is 16.0. The van der Waals surface area contributed by atoms with Gasteiger partial charge in [0, 0.05) is 12.5 Å². The Morgan fingerprint density at radius 3 is 2.50 bits per heavy atom. The first-order chi connectivity index (χ1) is 10.5. The maximum Gasteiger partial charge on any atom is 0.269 e. The van der Waals surface area contributed by atoms with E-state index in [1.165, 1.54) is 36.5 Å². The summed E-state index contributed by atoms with van der Waals surface area (Å²) < 4.78 is 0. The third kappa shape index (κ3) is 4.06. The molecule has 1 aromatic carbocycles. The van der Waals surface area contributed by atoms with Crippen LogP contribution >= 0.6 is 22.9 Å². The molecule has 2 aromatic rings. The van der Waals surface area contributed by atoms with Gasteiger partial charge < -0.3 is 5.32 Å². The quantitative estimate of drug-likeness (QED) is 0.752. The molecule has 0 saturated carbocycles. The van der Waals surface area contributed by atoms with Crippen LogP contribution in [0.1, 0.15) is 27.0 Å². The summed E-state index contributed by atoms with van der Waals surface area (Å²) in [4.78, 5) is 35.2. The molecular formula is C14H12ClN3O3S. The molecule has 8 heteroatoms. The lowest BCUT2D eigenvalue weighted by Crippen LogP contribution is -2.40. The number of hydrazine groups is 1. The van der Waals surface area contributed by atoms with Gasteiger partial charge in [-0.25, -0.2) is 0 Å². The van der Waals surface area contributed by atoms with Crippen molar-refractivity contribution in [3.8, 4) is 0 Å². The Morgan fingerprint density at radius 2 is 1.86 bits per heavy atom. The Morgan fingerprint density at radius 1 is 1.09 bits per heavy atom. The van der Waals surface area contributed by atoms with E-state index in [2.05, 4.69) is 16.2 Å². The lowest BCUT2D eigenvalue weighted by molar-refractivity contribution is -0.119. The van der Waals surface area contributed by atoms with Crippen LogP contribution in [0.15, 0.2) is 35.7 Å². The summed E-state index contributed by atoms with van der Waals surface area (Å²) in [7, 11) is 0. The maximum atomic E-state index is 12.0. The second kappa shape index (κ2) is 7.06. The Labute approximate surface area is 135 Å². The van der Waals surface area contributed by atoms with Gasteiger partial charge in [0.15, 0.2) is 0 Å². The topological polar surface area (TPSA) is 87.3 Å². The average molecular weight is 338 g/mol. The van der Waals surface area contributed by atoms with Crippen molar-refractivity contribution in [3.63, 3.8) is 0 Å². The van der Waals surface area contributed by atoms with Gasteiger partial charge in [0.05, 0.1) is 15.6 Å². The van der Waals surface area contributed by atoms with Gasteiger partial charge in [0.1, 0.15) is 0 Å². The summed E-state index contributed by atoms with van der Waals surface area (Å²) in [6, 6.07) is 7.86. The van der Waals surface area contributed by atoms with Crippen LogP contribution in [0.4, 0.5) is 5.69 Å². The molecule has 0 unspecified atom stereocenters. The van der Waals surface area contributed by atoms with E-state index in [0.717, 1.165) is 0 Å². The van der Waals surface area contributed by atoms with Gasteiger partial charge in [-0.1, -0.05) is 17.7 Å². The van der Waals surface area contributed by atoms with E-state index < -0.39 is 11.8 Å². The van der Waals surface area contributed by atoms with Crippen molar-refractivity contribution in [2.24, 2.45) is 0 Å². The first-order valence-electron chi connectivity index (χ1n) is 6.18. The minimum absolute atomic E-state index is 0.250. The normalized spacial score (nSPS) is 9.91. The van der Waals surface area contributed by atoms with Crippen LogP contribution in [0.25, 0.3) is 0 Å². The van der Waals surface area contributed by atoms with Gasteiger partial charge in [-0.05, 0) is 29.6 Å². The molecule has 1 heterocycles. The third-order valence-electron chi connectivity index (χ3n) is 2.57. The number of benzene rings is 1. The smallest absolute Gasteiger partial charge is 0.269 e. The molecule has 3 amide bonds. The molecule has 1 aromatic heterocycles. The van der Waals surface area contributed by atoms with Crippen molar-refractivity contribution in [2.45, 2.75) is 6.92 Å². The van der Waals surface area contributed by atoms with Crippen molar-refractivity contribution in [2.75, 3.05) is 5.32 Å². The molecule has 114 valence electrons. The predicted octanol–water partition coefficient (Wildman–Crippen LogP) is 2.43. The first-order valence-corrected chi connectivity index (χ1v) is 7.44. The summed E-state index contributed by atoms with van der Waals surface area (Å²) in [5.41, 5.74) is 4.98. The second-order valence-corrected chi connectivity index (χ2v) is 5.62. The maximum absolute atomic E-state index is 12.0. The van der Waals surface area contributed by atoms with Gasteiger partial charge >= 0.3 is 0 Å². The predicted molar refractivity (Wildman–Crippen MR) is 85.0 cm³/mol. The van der Waals surface area contributed by atoms with Gasteiger partial charge in [-0.15, -0.1) is 11.3 Å². The number of carbonyl (C=O) groups excluding carboxylic acids is 3. The SMILES string of the molecule is CC(=O)NNC(=O)c1ccc(Cl)c(NC(=O)c2cccs2)c1. The number of nitrogens with one attached hydrogen (secondary N) is 3. The zero-order chi connectivity index (χ0) is 16.1. The van der Waals surface area contributed by atoms with Crippen LogP contribution in [0, 0.1) is 0 Å². The van der Waals surface area contributed by atoms with Crippen molar-refractivity contribution in [1.29, 1.82) is 0 Å². The number of carbonyl (C=O) groups is 3. The Kier molecular flexibility index (Phi) is 5.13. The van der Waals surface area contributed by atoms with Gasteiger partial charge in [-0.2, -0.15) is 0 Å². The Bertz CT molecular complexity index is 716. The van der Waals surface area contributed by atoms with E-state index in [1.807, 2.05) is 0 Å². The minimum atomic E-state index is -0.515. The molecule has 0 saturated heterocycles. The molecular weight excluding hydrogens is 326 g/mol. The molecule has 0 bridgehead atoms. The number of anilines is 1. The van der Waals surface area contributed by atoms with E-state index in [0.29, 0.717) is 15.6 Å². The number of thiophene rings is 1. The summed E-state index contributed by atoms with van der Waals surface area (Å²) in [5, 5.41) is 4.74. The van der Waals surface area contributed by atoms with Crippen LogP contribution in [0.3, 0.4) is 0 Å². The fourth-order valence-electron chi connectivity index (χ4n) is 1.57. The van der Waals surface area contributed by atoms with Crippen molar-refractivity contribution >= 4 is 46.3 Å². The van der Waals surface area contributed by atoms with E-state index in [4.69, 9.17) is 11.6 Å². The average Bonchev–Trinajstić information content (AvgIpc) is 3.01. The zero-order valence-corrected chi connectivity index (χ0v) is 13.0. The third-order valence-corrected chi connectivity index (χ3v) is 3.77. The van der Waals surface area contributed by atoms with Crippen molar-refractivity contribution in [3.05, 3.63) is 51.2 Å². The van der Waals surface area contributed by atoms with E-state index in [-0.39, 0.29) is 11.5 Å². The fourth-order valence-corrected chi connectivity index (χ4v) is 2.35. The molecule has 0 fully saturated rings. The molecule has 0 spiro atoms. The zero-order valence-electron chi connectivity index (χ0n) is 11.5. The van der Waals surface area contributed by atoms with E-state index in [1.54, 1.807) is 17.5 Å². The number of halogens is 1. The Hall–Kier alpha value is -2.38.